The molecule has 0 spiro atoms. The Balaban J connectivity index is 1.93. The summed E-state index contributed by atoms with van der Waals surface area (Å²) >= 11 is 0. The Morgan fingerprint density at radius 1 is 1.52 bits per heavy atom. The van der Waals surface area contributed by atoms with Gasteiger partial charge in [-0.2, -0.15) is 5.10 Å². The standard InChI is InChI=1S/C14H20N6O3/c1-3-5-11-13(20(22)23)12(18-17-11)14(21)16-6-4-8-19-9-7-15-10(19)2/h7,9H,3-6,8H2,1-2H3,(H,16,21)(H,17,18). The number of nitro groups is 1. The van der Waals surface area contributed by atoms with Crippen molar-refractivity contribution in [3.8, 4) is 0 Å². The van der Waals surface area contributed by atoms with Crippen LogP contribution in [0.25, 0.3) is 0 Å². The Bertz CT molecular complexity index is 690. The SMILES string of the molecule is CCCc1[nH]nc(C(=O)NCCCn2ccnc2C)c1[N+](=O)[O-]. The van der Waals surface area contributed by atoms with Gasteiger partial charge in [-0.25, -0.2) is 4.98 Å². The molecule has 9 heteroatoms. The van der Waals surface area contributed by atoms with Gasteiger partial charge in [0.15, 0.2) is 0 Å². The van der Waals surface area contributed by atoms with E-state index in [1.165, 1.54) is 0 Å². The molecule has 0 fully saturated rings. The lowest BCUT2D eigenvalue weighted by atomic mass is 10.2. The van der Waals surface area contributed by atoms with Gasteiger partial charge >= 0.3 is 5.69 Å². The first-order valence-corrected chi connectivity index (χ1v) is 7.52. The van der Waals surface area contributed by atoms with Crippen molar-refractivity contribution in [3.63, 3.8) is 0 Å². The van der Waals surface area contributed by atoms with Crippen LogP contribution >= 0.6 is 0 Å². The van der Waals surface area contributed by atoms with E-state index in [-0.39, 0.29) is 11.4 Å². The van der Waals surface area contributed by atoms with E-state index in [4.69, 9.17) is 0 Å². The Kier molecular flexibility index (Phi) is 5.45. The minimum atomic E-state index is -0.557. The van der Waals surface area contributed by atoms with Gasteiger partial charge in [0.1, 0.15) is 11.5 Å². The van der Waals surface area contributed by atoms with Crippen molar-refractivity contribution in [2.75, 3.05) is 6.54 Å². The van der Waals surface area contributed by atoms with Crippen molar-refractivity contribution in [3.05, 3.63) is 39.7 Å². The molecule has 0 radical (unpaired) electrons. The van der Waals surface area contributed by atoms with Gasteiger partial charge in [0.25, 0.3) is 5.91 Å². The second-order valence-corrected chi connectivity index (χ2v) is 5.18. The number of nitrogens with one attached hydrogen (secondary N) is 2. The predicted octanol–water partition coefficient (Wildman–Crippen LogP) is 1.60. The average Bonchev–Trinajstić information content (AvgIpc) is 3.10. The van der Waals surface area contributed by atoms with Gasteiger partial charge in [0, 0.05) is 25.5 Å². The zero-order valence-corrected chi connectivity index (χ0v) is 13.2. The summed E-state index contributed by atoms with van der Waals surface area (Å²) in [5.41, 5.74) is 0.00348. The van der Waals surface area contributed by atoms with Crippen molar-refractivity contribution < 1.29 is 9.72 Å². The van der Waals surface area contributed by atoms with Gasteiger partial charge in [-0.3, -0.25) is 20.0 Å². The molecule has 0 aliphatic rings. The minimum Gasteiger partial charge on any atom is -0.350 e. The summed E-state index contributed by atoms with van der Waals surface area (Å²) in [6.07, 6.45) is 5.50. The normalized spacial score (nSPS) is 10.7. The van der Waals surface area contributed by atoms with E-state index >= 15 is 0 Å². The number of nitrogens with zero attached hydrogens (tertiary/aromatic N) is 4. The number of rotatable bonds is 8. The highest BCUT2D eigenvalue weighted by molar-refractivity contribution is 5.96. The molecule has 1 amide bonds. The summed E-state index contributed by atoms with van der Waals surface area (Å²) in [6, 6.07) is 0. The van der Waals surface area contributed by atoms with E-state index in [0.717, 1.165) is 18.8 Å². The van der Waals surface area contributed by atoms with E-state index in [2.05, 4.69) is 20.5 Å². The lowest BCUT2D eigenvalue weighted by Gasteiger charge is -2.05. The summed E-state index contributed by atoms with van der Waals surface area (Å²) in [6.45, 7) is 4.93. The molecule has 0 bridgehead atoms. The van der Waals surface area contributed by atoms with Gasteiger partial charge < -0.3 is 9.88 Å². The Hall–Kier alpha value is -2.71. The van der Waals surface area contributed by atoms with Gasteiger partial charge in [-0.1, -0.05) is 13.3 Å². The van der Waals surface area contributed by atoms with Crippen molar-refractivity contribution >= 4 is 11.6 Å². The lowest BCUT2D eigenvalue weighted by Crippen LogP contribution is -2.26. The van der Waals surface area contributed by atoms with E-state index in [1.807, 2.05) is 24.6 Å². The Morgan fingerprint density at radius 3 is 2.91 bits per heavy atom. The van der Waals surface area contributed by atoms with E-state index < -0.39 is 10.8 Å². The van der Waals surface area contributed by atoms with Crippen LogP contribution in [-0.4, -0.2) is 37.1 Å². The van der Waals surface area contributed by atoms with Gasteiger partial charge in [-0.15, -0.1) is 0 Å². The van der Waals surface area contributed by atoms with E-state index in [0.29, 0.717) is 25.1 Å². The molecule has 0 aromatic carbocycles. The van der Waals surface area contributed by atoms with Gasteiger partial charge in [-0.05, 0) is 19.8 Å². The first kappa shape index (κ1) is 16.7. The fourth-order valence-corrected chi connectivity index (χ4v) is 2.33. The third-order valence-corrected chi connectivity index (χ3v) is 3.50. The number of aryl methyl sites for hydroxylation is 3. The molecule has 23 heavy (non-hydrogen) atoms. The smallest absolute Gasteiger partial charge is 0.322 e. The van der Waals surface area contributed by atoms with E-state index in [9.17, 15) is 14.9 Å². The zero-order chi connectivity index (χ0) is 16.8. The van der Waals surface area contributed by atoms with Crippen LogP contribution in [0.3, 0.4) is 0 Å². The van der Waals surface area contributed by atoms with Crippen LogP contribution in [0.5, 0.6) is 0 Å². The molecule has 2 aromatic heterocycles. The maximum atomic E-state index is 12.1. The highest BCUT2D eigenvalue weighted by atomic mass is 16.6. The van der Waals surface area contributed by atoms with Crippen molar-refractivity contribution in [1.29, 1.82) is 0 Å². The third-order valence-electron chi connectivity index (χ3n) is 3.50. The predicted molar refractivity (Wildman–Crippen MR) is 83.2 cm³/mol. The van der Waals surface area contributed by atoms with Crippen LogP contribution < -0.4 is 5.32 Å². The van der Waals surface area contributed by atoms with Crippen molar-refractivity contribution in [1.82, 2.24) is 25.1 Å². The summed E-state index contributed by atoms with van der Waals surface area (Å²) in [5.74, 6) is 0.376. The van der Waals surface area contributed by atoms with Crippen LogP contribution in [0.4, 0.5) is 5.69 Å². The molecule has 2 rings (SSSR count). The number of amides is 1. The minimum absolute atomic E-state index is 0.155. The van der Waals surface area contributed by atoms with Crippen LogP contribution in [0.2, 0.25) is 0 Å². The monoisotopic (exact) mass is 320 g/mol. The highest BCUT2D eigenvalue weighted by Crippen LogP contribution is 2.22. The number of aromatic amines is 1. The second kappa shape index (κ2) is 7.52. The fraction of sp³-hybridized carbons (Fsp3) is 0.500. The topological polar surface area (TPSA) is 119 Å². The molecule has 0 aliphatic heterocycles. The van der Waals surface area contributed by atoms with E-state index in [1.54, 1.807) is 6.20 Å². The summed E-state index contributed by atoms with van der Waals surface area (Å²) in [4.78, 5) is 26.8. The molecular weight excluding hydrogens is 300 g/mol. The maximum Gasteiger partial charge on any atom is 0.322 e. The van der Waals surface area contributed by atoms with Gasteiger partial charge in [0.2, 0.25) is 5.69 Å². The fourth-order valence-electron chi connectivity index (χ4n) is 2.33. The number of hydrogen-bond donors (Lipinski definition) is 2. The van der Waals surface area contributed by atoms with Crippen LogP contribution in [0.15, 0.2) is 12.4 Å². The summed E-state index contributed by atoms with van der Waals surface area (Å²) in [5, 5.41) is 20.2. The van der Waals surface area contributed by atoms with Crippen LogP contribution in [-0.2, 0) is 13.0 Å². The lowest BCUT2D eigenvalue weighted by molar-refractivity contribution is -0.385. The number of imidazole rings is 1. The molecule has 0 unspecified atom stereocenters. The second-order valence-electron chi connectivity index (χ2n) is 5.18. The number of H-pyrrole nitrogens is 1. The third kappa shape index (κ3) is 3.93. The zero-order valence-electron chi connectivity index (χ0n) is 13.2. The number of hydrogen-bond acceptors (Lipinski definition) is 5. The molecule has 2 N–H and O–H groups in total. The van der Waals surface area contributed by atoms with Crippen molar-refractivity contribution in [2.24, 2.45) is 0 Å². The van der Waals surface area contributed by atoms with Crippen LogP contribution in [0.1, 0.15) is 41.8 Å². The maximum absolute atomic E-state index is 12.1. The molecule has 0 aliphatic carbocycles. The molecule has 2 heterocycles. The summed E-state index contributed by atoms with van der Waals surface area (Å²) < 4.78 is 1.97. The largest absolute Gasteiger partial charge is 0.350 e. The first-order valence-electron chi connectivity index (χ1n) is 7.52. The number of carbonyl (C=O) groups excluding carboxylic acids is 1. The Labute approximate surface area is 133 Å². The van der Waals surface area contributed by atoms with Crippen molar-refractivity contribution in [2.45, 2.75) is 39.7 Å². The molecule has 0 saturated carbocycles. The van der Waals surface area contributed by atoms with Gasteiger partial charge in [0.05, 0.1) is 4.92 Å². The van der Waals surface area contributed by atoms with Crippen LogP contribution in [0, 0.1) is 17.0 Å². The quantitative estimate of drug-likeness (QED) is 0.435. The molecule has 0 atom stereocenters. The molecule has 0 saturated heterocycles. The number of aromatic nitrogens is 4. The molecule has 124 valence electrons. The average molecular weight is 320 g/mol. The summed E-state index contributed by atoms with van der Waals surface area (Å²) in [7, 11) is 0. The molecular formula is C14H20N6O3. The molecule has 9 nitrogen and oxygen atoms in total. The molecule has 2 aromatic rings. The number of carbonyl (C=O) groups is 1. The highest BCUT2D eigenvalue weighted by Gasteiger charge is 2.28. The first-order chi connectivity index (χ1) is 11.0. The Morgan fingerprint density at radius 2 is 2.30 bits per heavy atom.